The van der Waals surface area contributed by atoms with E-state index in [2.05, 4.69) is 0 Å². The summed E-state index contributed by atoms with van der Waals surface area (Å²) in [6, 6.07) is 13.0. The van der Waals surface area contributed by atoms with E-state index < -0.39 is 15.9 Å². The molecule has 0 saturated heterocycles. The minimum absolute atomic E-state index is 0.151. The van der Waals surface area contributed by atoms with Crippen LogP contribution >= 0.6 is 11.6 Å². The minimum atomic E-state index is -3.32. The molecule has 0 fully saturated rings. The fourth-order valence-corrected chi connectivity index (χ4v) is 4.26. The van der Waals surface area contributed by atoms with Gasteiger partial charge in [0.15, 0.2) is 9.84 Å². The number of hydrogen-bond acceptors (Lipinski definition) is 4. The van der Waals surface area contributed by atoms with Crippen molar-refractivity contribution in [2.24, 2.45) is 0 Å². The molecular weight excluding hydrogens is 374 g/mol. The Kier molecular flexibility index (Phi) is 5.34. The fourth-order valence-electron chi connectivity index (χ4n) is 2.80. The molecule has 2 aromatic carbocycles. The molecular formula is C19H18ClNO4S. The molecule has 7 heteroatoms. The molecule has 1 amide bonds. The van der Waals surface area contributed by atoms with Gasteiger partial charge in [-0.15, -0.1) is 0 Å². The SMILES string of the molecule is CCOc1ccc(C(=O)N(c2cccc(Cl)c2)[C@H]2C=CS(=O)(=O)C2)cc1. The van der Waals surface area contributed by atoms with Gasteiger partial charge in [0, 0.05) is 21.7 Å². The van der Waals surface area contributed by atoms with Gasteiger partial charge in [-0.2, -0.15) is 0 Å². The van der Waals surface area contributed by atoms with Crippen LogP contribution in [0.4, 0.5) is 5.69 Å². The van der Waals surface area contributed by atoms with Crippen LogP contribution in [0.2, 0.25) is 5.02 Å². The Bertz CT molecular complexity index is 938. The maximum Gasteiger partial charge on any atom is 0.258 e. The van der Waals surface area contributed by atoms with Crippen molar-refractivity contribution in [2.75, 3.05) is 17.3 Å². The van der Waals surface area contributed by atoms with Crippen molar-refractivity contribution in [1.82, 2.24) is 0 Å². The number of sulfone groups is 1. The first kappa shape index (κ1) is 18.5. The van der Waals surface area contributed by atoms with Gasteiger partial charge in [0.25, 0.3) is 5.91 Å². The van der Waals surface area contributed by atoms with Gasteiger partial charge >= 0.3 is 0 Å². The minimum Gasteiger partial charge on any atom is -0.494 e. The Labute approximate surface area is 157 Å². The zero-order valence-electron chi connectivity index (χ0n) is 14.1. The Morgan fingerprint density at radius 3 is 2.54 bits per heavy atom. The zero-order chi connectivity index (χ0) is 18.7. The third kappa shape index (κ3) is 4.08. The lowest BCUT2D eigenvalue weighted by Crippen LogP contribution is -2.41. The van der Waals surface area contributed by atoms with Crippen LogP contribution in [0.25, 0.3) is 0 Å². The zero-order valence-corrected chi connectivity index (χ0v) is 15.7. The number of carbonyl (C=O) groups is 1. The average molecular weight is 392 g/mol. The van der Waals surface area contributed by atoms with Gasteiger partial charge < -0.3 is 9.64 Å². The van der Waals surface area contributed by atoms with Crippen molar-refractivity contribution in [1.29, 1.82) is 0 Å². The molecule has 0 spiro atoms. The maximum atomic E-state index is 13.1. The van der Waals surface area contributed by atoms with Crippen molar-refractivity contribution in [3.63, 3.8) is 0 Å². The summed E-state index contributed by atoms with van der Waals surface area (Å²) in [5.74, 6) is 0.214. The summed E-state index contributed by atoms with van der Waals surface area (Å²) < 4.78 is 29.1. The van der Waals surface area contributed by atoms with Gasteiger partial charge in [0.05, 0.1) is 18.4 Å². The highest BCUT2D eigenvalue weighted by Gasteiger charge is 2.32. The van der Waals surface area contributed by atoms with Crippen LogP contribution in [0, 0.1) is 0 Å². The topological polar surface area (TPSA) is 63.7 Å². The van der Waals surface area contributed by atoms with E-state index in [9.17, 15) is 13.2 Å². The number of rotatable bonds is 5. The Balaban J connectivity index is 1.97. The van der Waals surface area contributed by atoms with Gasteiger partial charge in [0.2, 0.25) is 0 Å². The normalized spacial score (nSPS) is 17.8. The van der Waals surface area contributed by atoms with E-state index in [1.165, 1.54) is 11.0 Å². The van der Waals surface area contributed by atoms with Crippen molar-refractivity contribution >= 4 is 33.0 Å². The second kappa shape index (κ2) is 7.51. The Morgan fingerprint density at radius 1 is 1.23 bits per heavy atom. The average Bonchev–Trinajstić information content (AvgIpc) is 2.95. The predicted octanol–water partition coefficient (Wildman–Crippen LogP) is 3.70. The molecule has 3 rings (SSSR count). The number of anilines is 1. The van der Waals surface area contributed by atoms with Gasteiger partial charge in [-0.05, 0) is 55.5 Å². The van der Waals surface area contributed by atoms with E-state index in [0.717, 1.165) is 5.41 Å². The third-order valence-electron chi connectivity index (χ3n) is 3.96. The summed E-state index contributed by atoms with van der Waals surface area (Å²) in [5.41, 5.74) is 0.981. The summed E-state index contributed by atoms with van der Waals surface area (Å²) in [5, 5.41) is 1.62. The van der Waals surface area contributed by atoms with E-state index in [1.54, 1.807) is 48.5 Å². The molecule has 0 N–H and O–H groups in total. The van der Waals surface area contributed by atoms with Crippen LogP contribution in [0.1, 0.15) is 17.3 Å². The summed E-state index contributed by atoms with van der Waals surface area (Å²) in [6.07, 6.45) is 1.53. The van der Waals surface area contributed by atoms with E-state index in [-0.39, 0.29) is 11.7 Å². The number of hydrogen-bond donors (Lipinski definition) is 0. The predicted molar refractivity (Wildman–Crippen MR) is 103 cm³/mol. The van der Waals surface area contributed by atoms with Crippen LogP contribution < -0.4 is 9.64 Å². The lowest BCUT2D eigenvalue weighted by molar-refractivity contribution is 0.0983. The first-order valence-corrected chi connectivity index (χ1v) is 10.2. The molecule has 1 aliphatic rings. The molecule has 1 heterocycles. The molecule has 1 atom stereocenters. The molecule has 0 aromatic heterocycles. The van der Waals surface area contributed by atoms with E-state index in [1.807, 2.05) is 6.92 Å². The monoisotopic (exact) mass is 391 g/mol. The number of amides is 1. The molecule has 0 radical (unpaired) electrons. The first-order chi connectivity index (χ1) is 12.4. The Hall–Kier alpha value is -2.31. The highest BCUT2D eigenvalue weighted by atomic mass is 35.5. The fraction of sp³-hybridized carbons (Fsp3) is 0.211. The van der Waals surface area contributed by atoms with Crippen molar-refractivity contribution < 1.29 is 17.9 Å². The summed E-state index contributed by atoms with van der Waals surface area (Å²) in [7, 11) is -3.32. The van der Waals surface area contributed by atoms with Gasteiger partial charge in [-0.1, -0.05) is 17.7 Å². The molecule has 2 aromatic rings. The lowest BCUT2D eigenvalue weighted by Gasteiger charge is -2.28. The van der Waals surface area contributed by atoms with Crippen LogP contribution in [-0.4, -0.2) is 32.7 Å². The second-order valence-electron chi connectivity index (χ2n) is 5.84. The molecule has 5 nitrogen and oxygen atoms in total. The first-order valence-electron chi connectivity index (χ1n) is 8.12. The van der Waals surface area contributed by atoms with Crippen LogP contribution in [0.5, 0.6) is 5.75 Å². The van der Waals surface area contributed by atoms with E-state index >= 15 is 0 Å². The maximum absolute atomic E-state index is 13.1. The van der Waals surface area contributed by atoms with Crippen molar-refractivity contribution in [2.45, 2.75) is 13.0 Å². The van der Waals surface area contributed by atoms with Gasteiger partial charge in [-0.3, -0.25) is 4.79 Å². The highest BCUT2D eigenvalue weighted by Crippen LogP contribution is 2.27. The second-order valence-corrected chi connectivity index (χ2v) is 8.21. The number of carbonyl (C=O) groups excluding carboxylic acids is 1. The molecule has 26 heavy (non-hydrogen) atoms. The number of benzene rings is 2. The molecule has 0 bridgehead atoms. The van der Waals surface area contributed by atoms with Crippen molar-refractivity contribution in [3.05, 3.63) is 70.6 Å². The smallest absolute Gasteiger partial charge is 0.258 e. The van der Waals surface area contributed by atoms with Crippen LogP contribution in [0.15, 0.2) is 60.0 Å². The van der Waals surface area contributed by atoms with Gasteiger partial charge in [-0.25, -0.2) is 8.42 Å². The summed E-state index contributed by atoms with van der Waals surface area (Å²) in [6.45, 7) is 2.42. The molecule has 0 unspecified atom stereocenters. The quantitative estimate of drug-likeness (QED) is 0.779. The van der Waals surface area contributed by atoms with Gasteiger partial charge in [0.1, 0.15) is 5.75 Å². The van der Waals surface area contributed by atoms with Crippen LogP contribution in [0.3, 0.4) is 0 Å². The number of nitrogens with zero attached hydrogens (tertiary/aromatic N) is 1. The lowest BCUT2D eigenvalue weighted by atomic mass is 10.1. The Morgan fingerprint density at radius 2 is 1.96 bits per heavy atom. The van der Waals surface area contributed by atoms with E-state index in [0.29, 0.717) is 28.6 Å². The van der Waals surface area contributed by atoms with Crippen LogP contribution in [-0.2, 0) is 9.84 Å². The largest absolute Gasteiger partial charge is 0.494 e. The summed E-state index contributed by atoms with van der Waals surface area (Å²) in [4.78, 5) is 14.6. The van der Waals surface area contributed by atoms with Crippen molar-refractivity contribution in [3.8, 4) is 5.75 Å². The third-order valence-corrected chi connectivity index (χ3v) is 5.57. The number of halogens is 1. The number of ether oxygens (including phenoxy) is 1. The summed E-state index contributed by atoms with van der Waals surface area (Å²) >= 11 is 6.07. The molecule has 1 aliphatic heterocycles. The van der Waals surface area contributed by atoms with E-state index in [4.69, 9.17) is 16.3 Å². The standard InChI is InChI=1S/C19H18ClNO4S/c1-2-25-18-8-6-14(7-9-18)19(22)21(16-5-3-4-15(20)12-16)17-10-11-26(23,24)13-17/h3-12,17H,2,13H2,1H3/t17-/m0/s1. The highest BCUT2D eigenvalue weighted by molar-refractivity contribution is 7.94. The molecule has 0 aliphatic carbocycles. The molecule has 0 saturated carbocycles. The molecule has 136 valence electrons.